The molecular weight excluding hydrogens is 608 g/mol. The monoisotopic (exact) mass is 632 g/mol. The highest BCUT2D eigenvalue weighted by Crippen LogP contribution is 2.33. The van der Waals surface area contributed by atoms with E-state index in [1.54, 1.807) is 0 Å². The number of imidazole rings is 3. The van der Waals surface area contributed by atoms with Crippen molar-refractivity contribution in [2.24, 2.45) is 0 Å². The van der Waals surface area contributed by atoms with Gasteiger partial charge in [0, 0.05) is 0 Å². The molecule has 0 aromatic carbocycles. The average Bonchev–Trinajstić information content (AvgIpc) is 3.71. The van der Waals surface area contributed by atoms with Crippen molar-refractivity contribution < 1.29 is 20.1 Å². The second kappa shape index (κ2) is 11.5. The number of nitrogens with two attached hydrogens (primary N) is 4. The van der Waals surface area contributed by atoms with Gasteiger partial charge >= 0.3 is 11.4 Å². The zero-order chi connectivity index (χ0) is 31.9. The van der Waals surface area contributed by atoms with Crippen LogP contribution in [0.5, 0.6) is 0 Å². The molecular formula is C20H24N16O7S. The van der Waals surface area contributed by atoms with E-state index in [0.717, 1.165) is 4.57 Å². The molecule has 1 aliphatic heterocycles. The van der Waals surface area contributed by atoms with E-state index in [4.69, 9.17) is 45.0 Å². The maximum absolute atomic E-state index is 11.7. The first-order valence-corrected chi connectivity index (χ1v) is 12.6. The van der Waals surface area contributed by atoms with E-state index in [2.05, 4.69) is 54.8 Å². The summed E-state index contributed by atoms with van der Waals surface area (Å²) in [6.45, 7) is -0.489. The van der Waals surface area contributed by atoms with Crippen LogP contribution in [0.2, 0.25) is 0 Å². The molecule has 24 heteroatoms. The number of rotatable bonds is 2. The molecule has 0 amide bonds. The van der Waals surface area contributed by atoms with Crippen LogP contribution >= 0.6 is 12.2 Å². The number of nitrogens with zero attached hydrogens (tertiary/aromatic N) is 6. The Hall–Kier alpha value is -5.69. The van der Waals surface area contributed by atoms with Gasteiger partial charge in [-0.3, -0.25) is 24.3 Å². The third-order valence-electron chi connectivity index (χ3n) is 6.12. The molecule has 1 aliphatic rings. The van der Waals surface area contributed by atoms with E-state index < -0.39 is 48.1 Å². The minimum Gasteiger partial charge on any atom is -0.394 e. The summed E-state index contributed by atoms with van der Waals surface area (Å²) >= 11 is 4.91. The number of aromatic amines is 6. The number of ether oxygens (including phenoxy) is 1. The number of aliphatic hydroxyl groups excluding tert-OH is 3. The molecule has 0 radical (unpaired) electrons. The number of anilines is 4. The van der Waals surface area contributed by atoms with Gasteiger partial charge in [0.2, 0.25) is 17.8 Å². The summed E-state index contributed by atoms with van der Waals surface area (Å²) in [7, 11) is 0. The maximum Gasteiger partial charge on any atom is 0.348 e. The summed E-state index contributed by atoms with van der Waals surface area (Å²) in [6, 6.07) is 0. The van der Waals surface area contributed by atoms with Crippen LogP contribution in [-0.4, -0.2) is 99.6 Å². The Bertz CT molecular complexity index is 2210. The lowest BCUT2D eigenvalue weighted by Crippen LogP contribution is -2.33. The van der Waals surface area contributed by atoms with Crippen molar-refractivity contribution in [3.63, 3.8) is 0 Å². The van der Waals surface area contributed by atoms with E-state index in [9.17, 15) is 24.6 Å². The van der Waals surface area contributed by atoms with Gasteiger partial charge in [-0.15, -0.1) is 0 Å². The van der Waals surface area contributed by atoms with Crippen LogP contribution in [0.25, 0.3) is 33.5 Å². The fraction of sp³-hybridized carbons (Fsp3) is 0.250. The number of fused-ring (bicyclic) bond motifs is 3. The van der Waals surface area contributed by atoms with Crippen molar-refractivity contribution in [1.82, 2.24) is 59.4 Å². The molecule has 1 fully saturated rings. The quantitative estimate of drug-likeness (QED) is 0.0809. The number of nitrogens with one attached hydrogen (secondary N) is 6. The first-order valence-electron chi connectivity index (χ1n) is 12.2. The molecule has 7 heterocycles. The van der Waals surface area contributed by atoms with E-state index in [-0.39, 0.29) is 40.5 Å². The lowest BCUT2D eigenvalue weighted by atomic mass is 10.1. The van der Waals surface area contributed by atoms with E-state index in [0.29, 0.717) is 21.3 Å². The van der Waals surface area contributed by atoms with Crippen molar-refractivity contribution in [2.45, 2.75) is 24.5 Å². The molecule has 232 valence electrons. The second-order valence-electron chi connectivity index (χ2n) is 9.00. The van der Waals surface area contributed by atoms with Gasteiger partial charge in [-0.2, -0.15) is 9.97 Å². The van der Waals surface area contributed by atoms with Crippen molar-refractivity contribution in [3.8, 4) is 0 Å². The van der Waals surface area contributed by atoms with E-state index in [1.807, 2.05) is 0 Å². The molecule has 6 aromatic heterocycles. The molecule has 0 saturated carbocycles. The van der Waals surface area contributed by atoms with Crippen LogP contribution in [-0.2, 0) is 4.74 Å². The Morgan fingerprint density at radius 3 is 2.32 bits per heavy atom. The van der Waals surface area contributed by atoms with Crippen molar-refractivity contribution in [3.05, 3.63) is 42.3 Å². The summed E-state index contributed by atoms with van der Waals surface area (Å²) in [4.78, 5) is 67.1. The predicted octanol–water partition coefficient (Wildman–Crippen LogP) is -3.99. The maximum atomic E-state index is 11.7. The molecule has 0 unspecified atom stereocenters. The van der Waals surface area contributed by atoms with Gasteiger partial charge in [0.15, 0.2) is 33.3 Å². The Morgan fingerprint density at radius 2 is 1.61 bits per heavy atom. The molecule has 0 aliphatic carbocycles. The summed E-state index contributed by atoms with van der Waals surface area (Å²) in [6.07, 6.45) is -3.27. The number of nitrogen functional groups attached to an aromatic ring is 4. The molecule has 7 rings (SSSR count). The summed E-state index contributed by atoms with van der Waals surface area (Å²) in [5, 5.41) is 28.9. The first-order chi connectivity index (χ1) is 20.9. The Labute approximate surface area is 245 Å². The normalized spacial score (nSPS) is 19.5. The van der Waals surface area contributed by atoms with Crippen LogP contribution in [0.15, 0.2) is 20.7 Å². The van der Waals surface area contributed by atoms with Crippen LogP contribution < -0.4 is 39.9 Å². The molecule has 0 spiro atoms. The number of H-pyrrole nitrogens is 6. The zero-order valence-corrected chi connectivity index (χ0v) is 22.8. The minimum absolute atomic E-state index is 0.0172. The van der Waals surface area contributed by atoms with Crippen LogP contribution in [0, 0.1) is 4.64 Å². The third-order valence-corrected chi connectivity index (χ3v) is 6.42. The minimum atomic E-state index is -1.37. The fourth-order valence-electron chi connectivity index (χ4n) is 4.19. The van der Waals surface area contributed by atoms with Gasteiger partial charge in [0.25, 0.3) is 5.56 Å². The van der Waals surface area contributed by atoms with Crippen LogP contribution in [0.3, 0.4) is 0 Å². The average molecular weight is 633 g/mol. The highest BCUT2D eigenvalue weighted by Gasteiger charge is 2.44. The van der Waals surface area contributed by atoms with Gasteiger partial charge in [-0.1, -0.05) is 12.2 Å². The smallest absolute Gasteiger partial charge is 0.348 e. The van der Waals surface area contributed by atoms with Crippen molar-refractivity contribution >= 4 is 69.4 Å². The largest absolute Gasteiger partial charge is 0.394 e. The molecule has 23 nitrogen and oxygen atoms in total. The van der Waals surface area contributed by atoms with E-state index >= 15 is 0 Å². The summed E-state index contributed by atoms with van der Waals surface area (Å²) < 4.78 is 6.94. The lowest BCUT2D eigenvalue weighted by molar-refractivity contribution is -0.0500. The number of hydrogen-bond acceptors (Lipinski definition) is 17. The summed E-state index contributed by atoms with van der Waals surface area (Å²) in [5.41, 5.74) is 22.2. The second-order valence-corrected chi connectivity index (χ2v) is 9.39. The van der Waals surface area contributed by atoms with Gasteiger partial charge in [-0.05, 0) is 0 Å². The molecule has 44 heavy (non-hydrogen) atoms. The van der Waals surface area contributed by atoms with Crippen molar-refractivity contribution in [1.29, 1.82) is 0 Å². The van der Waals surface area contributed by atoms with Crippen molar-refractivity contribution in [2.75, 3.05) is 29.5 Å². The molecule has 4 atom stereocenters. The third kappa shape index (κ3) is 5.55. The molecule has 0 bridgehead atoms. The van der Waals surface area contributed by atoms with Gasteiger partial charge in [-0.25, -0.2) is 24.5 Å². The first kappa shape index (κ1) is 29.8. The molecule has 1 saturated heterocycles. The molecule has 6 aromatic rings. The Kier molecular flexibility index (Phi) is 7.81. The van der Waals surface area contributed by atoms with Gasteiger partial charge in [0.1, 0.15) is 35.2 Å². The topological polar surface area (TPSA) is 389 Å². The lowest BCUT2D eigenvalue weighted by Gasteiger charge is -2.17. The summed E-state index contributed by atoms with van der Waals surface area (Å²) in [5.74, 6) is 0.0989. The zero-order valence-electron chi connectivity index (χ0n) is 22.0. The van der Waals surface area contributed by atoms with Gasteiger partial charge < -0.3 is 57.9 Å². The van der Waals surface area contributed by atoms with E-state index in [1.165, 1.54) is 6.33 Å². The van der Waals surface area contributed by atoms with Crippen LogP contribution in [0.1, 0.15) is 6.23 Å². The predicted molar refractivity (Wildman–Crippen MR) is 155 cm³/mol. The molecule has 17 N–H and O–H groups in total. The highest BCUT2D eigenvalue weighted by molar-refractivity contribution is 7.71. The van der Waals surface area contributed by atoms with Crippen LogP contribution in [0.4, 0.5) is 23.7 Å². The number of hydrogen-bond donors (Lipinski definition) is 13. The Balaban J connectivity index is 0.000000142. The highest BCUT2D eigenvalue weighted by atomic mass is 32.1. The SMILES string of the molecule is Nc1[nH]c(=O)nc2[nH]c(=O)[nH]c12.Nc1nc(=S)c2[nH]cnc2[nH]1.Nc1nc2c(nc(N)n2[C@@H]2O[C@H](CO)[C@@H](O)[C@H]2O)c(=O)[nH]1. The standard InChI is InChI=1S/C10H14N6O5.C5H5N5O2.C5H5N5S/c11-9-14-6-3(7(20)15-9)13-10(12)16(6)8-5(19)4(18)2(1-17)21-8;6-2-1-3(9-4(11)7-1)10-5(12)8-2;6-5-9-3-2(4(11)10-5)7-1-8-3/h2,4-5,8,17-19H,1H2,(H2,12,13)(H3,11,14,15,20);(H5,6,7,8,9,10,11,12);1H,(H4,6,7,8,9,10,11)/t2-,4-,5-,8-;;/m1../s1. The van der Waals surface area contributed by atoms with Gasteiger partial charge in [0.05, 0.1) is 12.9 Å². The fourth-order valence-corrected chi connectivity index (χ4v) is 4.44. The number of aromatic nitrogens is 12. The number of aliphatic hydroxyl groups is 3. The Morgan fingerprint density at radius 1 is 0.886 bits per heavy atom.